The molecule has 96 valence electrons. The second kappa shape index (κ2) is 4.51. The summed E-state index contributed by atoms with van der Waals surface area (Å²) in [5, 5.41) is 0. The van der Waals surface area contributed by atoms with Gasteiger partial charge in [-0.05, 0) is 36.3 Å². The molecular weight excluding hydrogens is 222 g/mol. The summed E-state index contributed by atoms with van der Waals surface area (Å²) in [5.41, 5.74) is 2.70. The van der Waals surface area contributed by atoms with Gasteiger partial charge in [0.2, 0.25) is 0 Å². The highest BCUT2D eigenvalue weighted by molar-refractivity contribution is 5.23. The van der Waals surface area contributed by atoms with Gasteiger partial charge in [0.1, 0.15) is 0 Å². The van der Waals surface area contributed by atoms with Gasteiger partial charge < -0.3 is 4.74 Å². The average molecular weight is 243 g/mol. The molecule has 2 bridgehead atoms. The Balaban J connectivity index is 1.97. The van der Waals surface area contributed by atoms with E-state index in [4.69, 9.17) is 4.74 Å². The fourth-order valence-electron chi connectivity index (χ4n) is 3.79. The van der Waals surface area contributed by atoms with Crippen LogP contribution in [-0.2, 0) is 4.74 Å². The molecular formula is C16H21NO. The average Bonchev–Trinajstić information content (AvgIpc) is 2.37. The first-order chi connectivity index (χ1) is 8.68. The lowest BCUT2D eigenvalue weighted by atomic mass is 9.65. The van der Waals surface area contributed by atoms with Crippen LogP contribution < -0.4 is 0 Å². The minimum atomic E-state index is 0.189. The number of ether oxygens (including phenoxy) is 1. The van der Waals surface area contributed by atoms with E-state index in [1.165, 1.54) is 11.1 Å². The maximum Gasteiger partial charge on any atom is 0.0907 e. The first-order valence-corrected chi connectivity index (χ1v) is 6.88. The smallest absolute Gasteiger partial charge is 0.0907 e. The second-order valence-corrected chi connectivity index (χ2v) is 5.86. The maximum atomic E-state index is 6.16. The Labute approximate surface area is 109 Å². The van der Waals surface area contributed by atoms with Gasteiger partial charge in [0.05, 0.1) is 12.7 Å². The van der Waals surface area contributed by atoms with Crippen LogP contribution in [0.15, 0.2) is 36.2 Å². The number of fused-ring (bicyclic) bond motifs is 2. The lowest BCUT2D eigenvalue weighted by Crippen LogP contribution is -2.42. The van der Waals surface area contributed by atoms with Gasteiger partial charge in [-0.15, -0.1) is 0 Å². The fraction of sp³-hybridized carbons (Fsp3) is 0.562. The highest BCUT2D eigenvalue weighted by Gasteiger charge is 2.43. The third kappa shape index (κ3) is 1.79. The molecule has 3 rings (SSSR count). The molecule has 5 atom stereocenters. The van der Waals surface area contributed by atoms with E-state index in [9.17, 15) is 0 Å². The zero-order valence-corrected chi connectivity index (χ0v) is 11.3. The Bertz CT molecular complexity index is 453. The van der Waals surface area contributed by atoms with E-state index >= 15 is 0 Å². The Kier molecular flexibility index (Phi) is 2.98. The minimum absolute atomic E-state index is 0.189. The largest absolute Gasteiger partial charge is 0.373 e. The normalized spacial score (nSPS) is 39.3. The number of hydrogen-bond donors (Lipinski definition) is 0. The summed E-state index contributed by atoms with van der Waals surface area (Å²) in [6, 6.07) is 4.13. The zero-order chi connectivity index (χ0) is 12.7. The molecule has 0 unspecified atom stereocenters. The van der Waals surface area contributed by atoms with E-state index in [2.05, 4.69) is 37.9 Å². The molecule has 1 aromatic rings. The minimum Gasteiger partial charge on any atom is -0.373 e. The van der Waals surface area contributed by atoms with Crippen molar-refractivity contribution in [3.63, 3.8) is 0 Å². The fourth-order valence-corrected chi connectivity index (χ4v) is 3.79. The molecule has 2 nitrogen and oxygen atoms in total. The molecule has 2 heterocycles. The van der Waals surface area contributed by atoms with Crippen LogP contribution in [0.3, 0.4) is 0 Å². The number of pyridine rings is 1. The molecule has 0 aromatic carbocycles. The molecule has 0 spiro atoms. The summed E-state index contributed by atoms with van der Waals surface area (Å²) in [6.07, 6.45) is 6.41. The van der Waals surface area contributed by atoms with Gasteiger partial charge in [-0.1, -0.05) is 31.6 Å². The molecule has 2 heteroatoms. The van der Waals surface area contributed by atoms with Crippen molar-refractivity contribution >= 4 is 0 Å². The molecule has 1 saturated heterocycles. The Hall–Kier alpha value is -1.15. The van der Waals surface area contributed by atoms with Crippen molar-refractivity contribution in [1.82, 2.24) is 4.98 Å². The van der Waals surface area contributed by atoms with E-state index in [1.54, 1.807) is 0 Å². The Morgan fingerprint density at radius 1 is 1.33 bits per heavy atom. The van der Waals surface area contributed by atoms with Crippen molar-refractivity contribution in [2.75, 3.05) is 6.61 Å². The van der Waals surface area contributed by atoms with E-state index in [0.717, 1.165) is 6.61 Å². The third-order valence-corrected chi connectivity index (χ3v) is 4.78. The van der Waals surface area contributed by atoms with Crippen LogP contribution in [0.25, 0.3) is 0 Å². The zero-order valence-electron chi connectivity index (χ0n) is 11.3. The lowest BCUT2D eigenvalue weighted by molar-refractivity contribution is -0.0935. The van der Waals surface area contributed by atoms with Crippen molar-refractivity contribution < 1.29 is 4.74 Å². The summed E-state index contributed by atoms with van der Waals surface area (Å²) in [7, 11) is 0. The second-order valence-electron chi connectivity index (χ2n) is 5.86. The highest BCUT2D eigenvalue weighted by atomic mass is 16.5. The SMILES string of the molecule is CC1=C[C@@H](C)[C@H]2CO[C@H](c3cccnc3)[C@@H]1[C@H]2C. The molecule has 1 aromatic heterocycles. The van der Waals surface area contributed by atoms with Crippen LogP contribution in [-0.4, -0.2) is 11.6 Å². The number of hydrogen-bond acceptors (Lipinski definition) is 2. The molecule has 0 radical (unpaired) electrons. The van der Waals surface area contributed by atoms with E-state index in [1.807, 2.05) is 18.5 Å². The Morgan fingerprint density at radius 2 is 2.17 bits per heavy atom. The molecule has 18 heavy (non-hydrogen) atoms. The van der Waals surface area contributed by atoms with Gasteiger partial charge in [-0.25, -0.2) is 0 Å². The summed E-state index contributed by atoms with van der Waals surface area (Å²) in [5.74, 6) is 2.53. The molecule has 0 saturated carbocycles. The maximum absolute atomic E-state index is 6.16. The quantitative estimate of drug-likeness (QED) is 0.703. The topological polar surface area (TPSA) is 22.1 Å². The highest BCUT2D eigenvalue weighted by Crippen LogP contribution is 2.49. The number of allylic oxidation sites excluding steroid dienone is 1. The van der Waals surface area contributed by atoms with Gasteiger partial charge in [-0.2, -0.15) is 0 Å². The van der Waals surface area contributed by atoms with Gasteiger partial charge >= 0.3 is 0 Å². The number of nitrogens with zero attached hydrogens (tertiary/aromatic N) is 1. The van der Waals surface area contributed by atoms with Gasteiger partial charge in [0.25, 0.3) is 0 Å². The molecule has 1 aliphatic heterocycles. The van der Waals surface area contributed by atoms with Crippen LogP contribution in [0.2, 0.25) is 0 Å². The third-order valence-electron chi connectivity index (χ3n) is 4.78. The van der Waals surface area contributed by atoms with Gasteiger partial charge in [-0.3, -0.25) is 4.98 Å². The first-order valence-electron chi connectivity index (χ1n) is 6.88. The molecule has 0 amide bonds. The van der Waals surface area contributed by atoms with Gasteiger partial charge in [0.15, 0.2) is 0 Å². The van der Waals surface area contributed by atoms with Crippen LogP contribution in [0.4, 0.5) is 0 Å². The van der Waals surface area contributed by atoms with Crippen LogP contribution >= 0.6 is 0 Å². The number of aromatic nitrogens is 1. The van der Waals surface area contributed by atoms with Crippen LogP contribution in [0.1, 0.15) is 32.4 Å². The summed E-state index contributed by atoms with van der Waals surface area (Å²) in [4.78, 5) is 4.23. The van der Waals surface area contributed by atoms with Gasteiger partial charge in [0, 0.05) is 18.3 Å². The van der Waals surface area contributed by atoms with E-state index in [0.29, 0.717) is 23.7 Å². The van der Waals surface area contributed by atoms with Crippen molar-refractivity contribution in [3.05, 3.63) is 41.7 Å². The molecule has 1 fully saturated rings. The van der Waals surface area contributed by atoms with Crippen molar-refractivity contribution in [1.29, 1.82) is 0 Å². The predicted molar refractivity (Wildman–Crippen MR) is 72.0 cm³/mol. The first kappa shape index (κ1) is 11.9. The molecule has 2 aliphatic rings. The van der Waals surface area contributed by atoms with E-state index in [-0.39, 0.29) is 6.10 Å². The monoisotopic (exact) mass is 243 g/mol. The van der Waals surface area contributed by atoms with Crippen LogP contribution in [0, 0.1) is 23.7 Å². The van der Waals surface area contributed by atoms with Crippen molar-refractivity contribution in [2.45, 2.75) is 26.9 Å². The van der Waals surface area contributed by atoms with Crippen molar-refractivity contribution in [3.8, 4) is 0 Å². The Morgan fingerprint density at radius 3 is 2.89 bits per heavy atom. The summed E-state index contributed by atoms with van der Waals surface area (Å²) >= 11 is 0. The summed E-state index contributed by atoms with van der Waals surface area (Å²) < 4.78 is 6.16. The molecule has 0 N–H and O–H groups in total. The molecule has 1 aliphatic carbocycles. The predicted octanol–water partition coefficient (Wildman–Crippen LogP) is 3.62. The standard InChI is InChI=1S/C16H21NO/c1-10-7-11(2)15-12(3)14(10)9-18-16(15)13-5-4-6-17-8-13/h4-8,10,12,14-16H,9H2,1-3H3/t10-,12+,14-,15+,16-/m1/s1. The lowest BCUT2D eigenvalue weighted by Gasteiger charge is -2.47. The summed E-state index contributed by atoms with van der Waals surface area (Å²) in [6.45, 7) is 7.83. The van der Waals surface area contributed by atoms with E-state index < -0.39 is 0 Å². The van der Waals surface area contributed by atoms with Crippen LogP contribution in [0.5, 0.6) is 0 Å². The number of rotatable bonds is 1. The van der Waals surface area contributed by atoms with Crippen molar-refractivity contribution in [2.24, 2.45) is 23.7 Å².